The van der Waals surface area contributed by atoms with E-state index in [2.05, 4.69) is 54.2 Å². The molecule has 0 saturated carbocycles. The molecule has 2 unspecified atom stereocenters. The number of rotatable bonds is 6. The van der Waals surface area contributed by atoms with E-state index < -0.39 is 0 Å². The van der Waals surface area contributed by atoms with Crippen LogP contribution in [0, 0.1) is 17.8 Å². The number of allylic oxidation sites excluding steroid dienone is 3. The maximum absolute atomic E-state index is 4.00. The number of hydrogen-bond acceptors (Lipinski definition) is 0. The van der Waals surface area contributed by atoms with E-state index >= 15 is 0 Å². The minimum atomic E-state index is 0.661. The second-order valence-corrected chi connectivity index (χ2v) is 5.26. The van der Waals surface area contributed by atoms with Crippen molar-refractivity contribution >= 4 is 0 Å². The van der Waals surface area contributed by atoms with Crippen molar-refractivity contribution in [1.29, 1.82) is 0 Å². The van der Waals surface area contributed by atoms with Gasteiger partial charge in [-0.1, -0.05) is 51.8 Å². The molecule has 0 nitrogen and oxygen atoms in total. The molecule has 0 bridgehead atoms. The van der Waals surface area contributed by atoms with Crippen LogP contribution in [0.4, 0.5) is 0 Å². The van der Waals surface area contributed by atoms with Crippen LogP contribution in [-0.2, 0) is 0 Å². The second kappa shape index (κ2) is 6.87. The molecule has 2 atom stereocenters. The highest BCUT2D eigenvalue weighted by atomic mass is 14.2. The SMILES string of the molecule is C=C(C)CC(C)C(=CC(C)C(C)C)CC. The molecule has 15 heavy (non-hydrogen) atoms. The summed E-state index contributed by atoms with van der Waals surface area (Å²) in [5.74, 6) is 2.09. The van der Waals surface area contributed by atoms with Crippen molar-refractivity contribution in [3.8, 4) is 0 Å². The maximum atomic E-state index is 4.00. The van der Waals surface area contributed by atoms with Gasteiger partial charge in [-0.05, 0) is 37.5 Å². The molecular formula is C15H28. The fraction of sp³-hybridized carbons (Fsp3) is 0.733. The molecule has 0 radical (unpaired) electrons. The molecule has 0 aliphatic heterocycles. The summed E-state index contributed by atoms with van der Waals surface area (Å²) in [4.78, 5) is 0. The molecule has 0 saturated heterocycles. The summed E-state index contributed by atoms with van der Waals surface area (Å²) in [5.41, 5.74) is 2.89. The van der Waals surface area contributed by atoms with E-state index in [0.29, 0.717) is 11.8 Å². The van der Waals surface area contributed by atoms with Crippen molar-refractivity contribution in [3.63, 3.8) is 0 Å². The third-order valence-corrected chi connectivity index (χ3v) is 3.22. The first-order valence-electron chi connectivity index (χ1n) is 6.23. The summed E-state index contributed by atoms with van der Waals surface area (Å²) >= 11 is 0. The largest absolute Gasteiger partial charge is 0.100 e. The molecule has 0 aromatic carbocycles. The van der Waals surface area contributed by atoms with Crippen LogP contribution in [0.2, 0.25) is 0 Å². The molecule has 0 spiro atoms. The zero-order valence-corrected chi connectivity index (χ0v) is 11.4. The van der Waals surface area contributed by atoms with Gasteiger partial charge in [0.1, 0.15) is 0 Å². The van der Waals surface area contributed by atoms with E-state index in [1.165, 1.54) is 12.0 Å². The fourth-order valence-electron chi connectivity index (χ4n) is 1.81. The van der Waals surface area contributed by atoms with E-state index in [-0.39, 0.29) is 0 Å². The van der Waals surface area contributed by atoms with Gasteiger partial charge >= 0.3 is 0 Å². The lowest BCUT2D eigenvalue weighted by Crippen LogP contribution is -2.06. The van der Waals surface area contributed by atoms with Gasteiger partial charge in [0.15, 0.2) is 0 Å². The standard InChI is InChI=1S/C15H28/c1-8-15(10-13(6)12(4)5)14(7)9-11(2)3/h10,12-14H,2,8-9H2,1,3-7H3. The van der Waals surface area contributed by atoms with Gasteiger partial charge in [0, 0.05) is 0 Å². The lowest BCUT2D eigenvalue weighted by atomic mass is 9.87. The molecular weight excluding hydrogens is 180 g/mol. The van der Waals surface area contributed by atoms with Crippen LogP contribution in [0.1, 0.15) is 54.4 Å². The average molecular weight is 208 g/mol. The number of hydrogen-bond donors (Lipinski definition) is 0. The van der Waals surface area contributed by atoms with E-state index in [9.17, 15) is 0 Å². The Bertz CT molecular complexity index is 220. The van der Waals surface area contributed by atoms with E-state index in [1.807, 2.05) is 0 Å². The Hall–Kier alpha value is -0.520. The lowest BCUT2D eigenvalue weighted by molar-refractivity contribution is 0.493. The van der Waals surface area contributed by atoms with E-state index in [0.717, 1.165) is 12.3 Å². The van der Waals surface area contributed by atoms with Crippen LogP contribution in [0.5, 0.6) is 0 Å². The summed E-state index contributed by atoms with van der Waals surface area (Å²) in [6, 6.07) is 0. The summed E-state index contributed by atoms with van der Waals surface area (Å²) in [7, 11) is 0. The van der Waals surface area contributed by atoms with Crippen molar-refractivity contribution in [2.45, 2.75) is 54.4 Å². The van der Waals surface area contributed by atoms with E-state index in [4.69, 9.17) is 0 Å². The third-order valence-electron chi connectivity index (χ3n) is 3.22. The highest BCUT2D eigenvalue weighted by molar-refractivity contribution is 5.10. The van der Waals surface area contributed by atoms with Gasteiger partial charge in [-0.25, -0.2) is 0 Å². The van der Waals surface area contributed by atoms with Crippen molar-refractivity contribution in [2.75, 3.05) is 0 Å². The zero-order valence-electron chi connectivity index (χ0n) is 11.4. The molecule has 0 heterocycles. The van der Waals surface area contributed by atoms with Crippen LogP contribution in [0.15, 0.2) is 23.8 Å². The van der Waals surface area contributed by atoms with Gasteiger partial charge < -0.3 is 0 Å². The van der Waals surface area contributed by atoms with Gasteiger partial charge in [0.2, 0.25) is 0 Å². The Morgan fingerprint density at radius 3 is 2.07 bits per heavy atom. The first-order chi connectivity index (χ1) is 6.88. The molecule has 0 aliphatic carbocycles. The van der Waals surface area contributed by atoms with Crippen molar-refractivity contribution in [3.05, 3.63) is 23.8 Å². The maximum Gasteiger partial charge on any atom is -0.0195 e. The minimum absolute atomic E-state index is 0.661. The van der Waals surface area contributed by atoms with Gasteiger partial charge in [0.25, 0.3) is 0 Å². The van der Waals surface area contributed by atoms with Crippen LogP contribution >= 0.6 is 0 Å². The van der Waals surface area contributed by atoms with Gasteiger partial charge in [-0.15, -0.1) is 6.58 Å². The summed E-state index contributed by atoms with van der Waals surface area (Å²) in [6.45, 7) is 17.6. The molecule has 0 fully saturated rings. The third kappa shape index (κ3) is 5.81. The zero-order chi connectivity index (χ0) is 12.0. The topological polar surface area (TPSA) is 0 Å². The summed E-state index contributed by atoms with van der Waals surface area (Å²) in [6.07, 6.45) is 4.77. The summed E-state index contributed by atoms with van der Waals surface area (Å²) < 4.78 is 0. The van der Waals surface area contributed by atoms with Crippen LogP contribution in [0.25, 0.3) is 0 Å². The highest BCUT2D eigenvalue weighted by Gasteiger charge is 2.10. The van der Waals surface area contributed by atoms with Gasteiger partial charge in [-0.2, -0.15) is 0 Å². The molecule has 0 aromatic heterocycles. The Labute approximate surface area is 96.5 Å². The predicted molar refractivity (Wildman–Crippen MR) is 71.0 cm³/mol. The normalized spacial score (nSPS) is 16.6. The van der Waals surface area contributed by atoms with Crippen LogP contribution in [-0.4, -0.2) is 0 Å². The van der Waals surface area contributed by atoms with Crippen molar-refractivity contribution < 1.29 is 0 Å². The van der Waals surface area contributed by atoms with Gasteiger partial charge in [0.05, 0.1) is 0 Å². The molecule has 0 amide bonds. The Morgan fingerprint density at radius 2 is 1.73 bits per heavy atom. The van der Waals surface area contributed by atoms with Crippen molar-refractivity contribution in [1.82, 2.24) is 0 Å². The van der Waals surface area contributed by atoms with Crippen molar-refractivity contribution in [2.24, 2.45) is 17.8 Å². The Kier molecular flexibility index (Phi) is 6.63. The molecule has 0 heteroatoms. The molecule has 0 aliphatic rings. The molecule has 0 aromatic rings. The molecule has 0 rings (SSSR count). The Morgan fingerprint density at radius 1 is 1.20 bits per heavy atom. The van der Waals surface area contributed by atoms with Gasteiger partial charge in [-0.3, -0.25) is 0 Å². The Balaban J connectivity index is 4.52. The quantitative estimate of drug-likeness (QED) is 0.525. The lowest BCUT2D eigenvalue weighted by Gasteiger charge is -2.19. The average Bonchev–Trinajstić information content (AvgIpc) is 2.11. The molecule has 88 valence electrons. The summed E-state index contributed by atoms with van der Waals surface area (Å²) in [5, 5.41) is 0. The van der Waals surface area contributed by atoms with Crippen LogP contribution < -0.4 is 0 Å². The smallest absolute Gasteiger partial charge is 0.0195 e. The predicted octanol–water partition coefficient (Wildman–Crippen LogP) is 5.22. The highest BCUT2D eigenvalue weighted by Crippen LogP contribution is 2.24. The van der Waals surface area contributed by atoms with Crippen LogP contribution in [0.3, 0.4) is 0 Å². The fourth-order valence-corrected chi connectivity index (χ4v) is 1.81. The first kappa shape index (κ1) is 14.5. The second-order valence-electron chi connectivity index (χ2n) is 5.26. The van der Waals surface area contributed by atoms with E-state index in [1.54, 1.807) is 5.57 Å². The first-order valence-corrected chi connectivity index (χ1v) is 6.23. The monoisotopic (exact) mass is 208 g/mol. The minimum Gasteiger partial charge on any atom is -0.100 e. The molecule has 0 N–H and O–H groups in total.